The van der Waals surface area contributed by atoms with Gasteiger partial charge in [0.05, 0.1) is 31.8 Å². The van der Waals surface area contributed by atoms with Crippen molar-refractivity contribution in [1.29, 1.82) is 0 Å². The number of hydrogen-bond acceptors (Lipinski definition) is 6. The number of methoxy groups -OCH3 is 2. The maximum absolute atomic E-state index is 13.3. The second kappa shape index (κ2) is 11.8. The Kier molecular flexibility index (Phi) is 8.68. The number of ether oxygens (including phenoxy) is 3. The first-order valence-corrected chi connectivity index (χ1v) is 14.3. The van der Waals surface area contributed by atoms with Gasteiger partial charge in [-0.15, -0.1) is 0 Å². The Hall–Kier alpha value is -3.34. The third kappa shape index (κ3) is 5.68. The average molecular weight is 556 g/mol. The van der Waals surface area contributed by atoms with Crippen molar-refractivity contribution in [2.24, 2.45) is 0 Å². The van der Waals surface area contributed by atoms with Gasteiger partial charge in [0, 0.05) is 38.6 Å². The van der Waals surface area contributed by atoms with Crippen molar-refractivity contribution in [3.8, 4) is 11.5 Å². The standard InChI is InChI=1S/C29H37N3O6S/c1-20-17-26(21(2)22(3)29(20)37-6)39(34,35)30(4)15-16-38-19-27(33)32-14-13-31-12-8-11-25(31)28(32)23-9-7-10-24(18-23)36-5/h7-12,17-18,28H,13-16,19H2,1-6H3. The van der Waals surface area contributed by atoms with Crippen LogP contribution in [0.25, 0.3) is 0 Å². The summed E-state index contributed by atoms with van der Waals surface area (Å²) in [7, 11) is 0.966. The topological polar surface area (TPSA) is 90.3 Å². The summed E-state index contributed by atoms with van der Waals surface area (Å²) in [6.07, 6.45) is 2.02. The Bertz CT molecular complexity index is 1450. The molecule has 0 N–H and O–H groups in total. The maximum atomic E-state index is 13.3. The van der Waals surface area contributed by atoms with Gasteiger partial charge in [-0.05, 0) is 73.4 Å². The highest BCUT2D eigenvalue weighted by molar-refractivity contribution is 7.89. The van der Waals surface area contributed by atoms with Crippen molar-refractivity contribution in [3.63, 3.8) is 0 Å². The molecule has 2 heterocycles. The Morgan fingerprint density at radius 2 is 1.79 bits per heavy atom. The molecule has 0 bridgehead atoms. The highest BCUT2D eigenvalue weighted by atomic mass is 32.2. The number of sulfonamides is 1. The molecule has 0 spiro atoms. The summed E-state index contributed by atoms with van der Waals surface area (Å²) in [6.45, 7) is 6.74. The highest BCUT2D eigenvalue weighted by Crippen LogP contribution is 2.34. The zero-order valence-corrected chi connectivity index (χ0v) is 24.2. The van der Waals surface area contributed by atoms with Crippen molar-refractivity contribution in [2.75, 3.05) is 47.6 Å². The molecule has 0 aliphatic carbocycles. The van der Waals surface area contributed by atoms with Crippen LogP contribution in [0.5, 0.6) is 11.5 Å². The lowest BCUT2D eigenvalue weighted by Crippen LogP contribution is -2.44. The van der Waals surface area contributed by atoms with Crippen LogP contribution in [0.3, 0.4) is 0 Å². The van der Waals surface area contributed by atoms with Gasteiger partial charge >= 0.3 is 0 Å². The van der Waals surface area contributed by atoms with E-state index in [1.54, 1.807) is 27.2 Å². The van der Waals surface area contributed by atoms with Crippen LogP contribution in [0.1, 0.15) is 34.0 Å². The number of fused-ring (bicyclic) bond motifs is 1. The van der Waals surface area contributed by atoms with Crippen molar-refractivity contribution in [3.05, 3.63) is 76.6 Å². The number of likely N-dealkylation sites (N-methyl/N-ethyl adjacent to an activating group) is 1. The van der Waals surface area contributed by atoms with Gasteiger partial charge in [0.15, 0.2) is 0 Å². The quantitative estimate of drug-likeness (QED) is 0.355. The van der Waals surface area contributed by atoms with Crippen LogP contribution < -0.4 is 9.47 Å². The summed E-state index contributed by atoms with van der Waals surface area (Å²) in [5.41, 5.74) is 4.18. The van der Waals surface area contributed by atoms with E-state index in [1.165, 1.54) is 11.4 Å². The fourth-order valence-corrected chi connectivity index (χ4v) is 6.66. The van der Waals surface area contributed by atoms with Crippen LogP contribution in [-0.4, -0.2) is 75.7 Å². The summed E-state index contributed by atoms with van der Waals surface area (Å²) in [5, 5.41) is 0. The lowest BCUT2D eigenvalue weighted by Gasteiger charge is -2.37. The molecular formula is C29H37N3O6S. The first-order chi connectivity index (χ1) is 18.6. The van der Waals surface area contributed by atoms with Gasteiger partial charge in [-0.25, -0.2) is 8.42 Å². The van der Waals surface area contributed by atoms with E-state index in [9.17, 15) is 13.2 Å². The number of carbonyl (C=O) groups is 1. The van der Waals surface area contributed by atoms with Gasteiger partial charge in [-0.2, -0.15) is 4.31 Å². The van der Waals surface area contributed by atoms with Crippen LogP contribution in [0, 0.1) is 20.8 Å². The van der Waals surface area contributed by atoms with Crippen LogP contribution in [0.2, 0.25) is 0 Å². The summed E-state index contributed by atoms with van der Waals surface area (Å²) < 4.78 is 46.6. The number of aryl methyl sites for hydroxylation is 1. The normalized spacial score (nSPS) is 15.4. The monoisotopic (exact) mass is 555 g/mol. The molecule has 1 aliphatic rings. The van der Waals surface area contributed by atoms with Gasteiger partial charge in [0.2, 0.25) is 15.9 Å². The summed E-state index contributed by atoms with van der Waals surface area (Å²) >= 11 is 0. The minimum atomic E-state index is -3.75. The molecule has 3 aromatic rings. The van der Waals surface area contributed by atoms with Gasteiger partial charge in [0.25, 0.3) is 0 Å². The van der Waals surface area contributed by atoms with Crippen molar-refractivity contribution in [1.82, 2.24) is 13.8 Å². The largest absolute Gasteiger partial charge is 0.497 e. The van der Waals surface area contributed by atoms with Crippen molar-refractivity contribution in [2.45, 2.75) is 38.3 Å². The van der Waals surface area contributed by atoms with Crippen LogP contribution >= 0.6 is 0 Å². The van der Waals surface area contributed by atoms with E-state index < -0.39 is 10.0 Å². The molecule has 210 valence electrons. The number of carbonyl (C=O) groups excluding carboxylic acids is 1. The summed E-state index contributed by atoms with van der Waals surface area (Å²) in [5.74, 6) is 1.26. The molecule has 1 unspecified atom stereocenters. The van der Waals surface area contributed by atoms with Gasteiger partial charge in [0.1, 0.15) is 18.1 Å². The molecule has 1 aliphatic heterocycles. The average Bonchev–Trinajstić information content (AvgIpc) is 3.41. The molecule has 2 aromatic carbocycles. The van der Waals surface area contributed by atoms with E-state index in [1.807, 2.05) is 61.3 Å². The smallest absolute Gasteiger partial charge is 0.249 e. The lowest BCUT2D eigenvalue weighted by molar-refractivity contribution is -0.138. The van der Waals surface area contributed by atoms with E-state index in [2.05, 4.69) is 4.57 Å². The summed E-state index contributed by atoms with van der Waals surface area (Å²) in [4.78, 5) is 15.4. The number of benzene rings is 2. The Morgan fingerprint density at radius 1 is 1.03 bits per heavy atom. The Morgan fingerprint density at radius 3 is 2.51 bits per heavy atom. The molecule has 39 heavy (non-hydrogen) atoms. The zero-order chi connectivity index (χ0) is 28.3. The van der Waals surface area contributed by atoms with Gasteiger partial charge in [-0.3, -0.25) is 4.79 Å². The number of aromatic nitrogens is 1. The minimum absolute atomic E-state index is 0.0860. The molecule has 1 aromatic heterocycles. The van der Waals surface area contributed by atoms with E-state index in [0.29, 0.717) is 24.4 Å². The number of amides is 1. The van der Waals surface area contributed by atoms with Gasteiger partial charge in [-0.1, -0.05) is 12.1 Å². The molecule has 1 amide bonds. The first-order valence-electron chi connectivity index (χ1n) is 12.9. The minimum Gasteiger partial charge on any atom is -0.497 e. The Balaban J connectivity index is 1.42. The third-order valence-corrected chi connectivity index (χ3v) is 9.40. The third-order valence-electron chi connectivity index (χ3n) is 7.42. The van der Waals surface area contributed by atoms with E-state index in [0.717, 1.165) is 28.1 Å². The zero-order valence-electron chi connectivity index (χ0n) is 23.4. The molecule has 0 saturated heterocycles. The SMILES string of the molecule is COc1cccc(C2c3cccn3CCN2C(=O)COCCN(C)S(=O)(=O)c2cc(C)c(OC)c(C)c2C)c1. The van der Waals surface area contributed by atoms with Crippen LogP contribution in [0.15, 0.2) is 53.6 Å². The molecule has 0 saturated carbocycles. The van der Waals surface area contributed by atoms with E-state index >= 15 is 0 Å². The lowest BCUT2D eigenvalue weighted by atomic mass is 9.99. The fourth-order valence-electron chi connectivity index (χ4n) is 5.14. The number of nitrogens with zero attached hydrogens (tertiary/aromatic N) is 3. The molecule has 4 rings (SSSR count). The van der Waals surface area contributed by atoms with Gasteiger partial charge < -0.3 is 23.7 Å². The number of rotatable bonds is 10. The predicted octanol–water partition coefficient (Wildman–Crippen LogP) is 3.70. The van der Waals surface area contributed by atoms with Crippen molar-refractivity contribution >= 4 is 15.9 Å². The first kappa shape index (κ1) is 28.7. The van der Waals surface area contributed by atoms with Crippen LogP contribution in [0.4, 0.5) is 0 Å². The summed E-state index contributed by atoms with van der Waals surface area (Å²) in [6, 6.07) is 13.1. The predicted molar refractivity (Wildman–Crippen MR) is 149 cm³/mol. The van der Waals surface area contributed by atoms with E-state index in [4.69, 9.17) is 14.2 Å². The molecule has 10 heteroatoms. The van der Waals surface area contributed by atoms with E-state index in [-0.39, 0.29) is 36.6 Å². The van der Waals surface area contributed by atoms with Crippen molar-refractivity contribution < 1.29 is 27.4 Å². The number of hydrogen-bond donors (Lipinski definition) is 0. The molecule has 1 atom stereocenters. The fraction of sp³-hybridized carbons (Fsp3) is 0.414. The van der Waals surface area contributed by atoms with Crippen LogP contribution in [-0.2, 0) is 26.1 Å². The second-order valence-corrected chi connectivity index (χ2v) is 11.8. The molecule has 0 fully saturated rings. The molecule has 0 radical (unpaired) electrons. The molecular weight excluding hydrogens is 518 g/mol. The second-order valence-electron chi connectivity index (χ2n) is 9.75. The Labute approximate surface area is 230 Å². The molecule has 9 nitrogen and oxygen atoms in total. The highest BCUT2D eigenvalue weighted by Gasteiger charge is 2.32. The maximum Gasteiger partial charge on any atom is 0.249 e.